The lowest BCUT2D eigenvalue weighted by Gasteiger charge is -2.14. The minimum Gasteiger partial charge on any atom is -0.369 e. The van der Waals surface area contributed by atoms with Crippen molar-refractivity contribution in [1.29, 1.82) is 0 Å². The van der Waals surface area contributed by atoms with E-state index in [4.69, 9.17) is 11.6 Å². The van der Waals surface area contributed by atoms with E-state index >= 15 is 0 Å². The Morgan fingerprint density at radius 3 is 2.54 bits per heavy atom. The molecule has 1 fully saturated rings. The maximum absolute atomic E-state index is 13.1. The Kier molecular flexibility index (Phi) is 4.88. The van der Waals surface area contributed by atoms with E-state index in [0.29, 0.717) is 40.8 Å². The van der Waals surface area contributed by atoms with Crippen LogP contribution in [0.2, 0.25) is 5.02 Å². The molecule has 6 nitrogen and oxygen atoms in total. The van der Waals surface area contributed by atoms with E-state index in [2.05, 4.69) is 10.6 Å². The Morgan fingerprint density at radius 1 is 1.11 bits per heavy atom. The fourth-order valence-corrected chi connectivity index (χ4v) is 3.69. The molecule has 2 aromatic carbocycles. The Labute approximate surface area is 167 Å². The number of Topliss-reactive ketones (excluding diaryl/α,β-unsaturated/α-hetero) is 1. The first-order valence-electron chi connectivity index (χ1n) is 8.99. The van der Waals surface area contributed by atoms with Crippen LogP contribution in [0.3, 0.4) is 0 Å². The van der Waals surface area contributed by atoms with Gasteiger partial charge in [0.05, 0.1) is 11.5 Å². The van der Waals surface area contributed by atoms with Gasteiger partial charge in [-0.1, -0.05) is 29.8 Å². The van der Waals surface area contributed by atoms with E-state index in [-0.39, 0.29) is 24.0 Å². The lowest BCUT2D eigenvalue weighted by atomic mass is 9.90. The van der Waals surface area contributed by atoms with Crippen molar-refractivity contribution < 1.29 is 14.4 Å². The summed E-state index contributed by atoms with van der Waals surface area (Å²) in [6.45, 7) is 1.07. The van der Waals surface area contributed by atoms with Crippen molar-refractivity contribution in [1.82, 2.24) is 10.2 Å². The van der Waals surface area contributed by atoms with Crippen LogP contribution >= 0.6 is 11.6 Å². The molecule has 0 bridgehead atoms. The monoisotopic (exact) mass is 395 g/mol. The number of para-hydroxylation sites is 1. The molecule has 142 valence electrons. The molecule has 7 heteroatoms. The number of carbonyl (C=O) groups excluding carboxylic acids is 3. The number of nitrogens with zero attached hydrogens (tertiary/aromatic N) is 1. The zero-order chi connectivity index (χ0) is 19.7. The maximum atomic E-state index is 13.1. The molecule has 2 heterocycles. The van der Waals surface area contributed by atoms with Gasteiger partial charge in [-0.3, -0.25) is 19.3 Å². The molecule has 4 rings (SSSR count). The molecule has 2 aliphatic rings. The van der Waals surface area contributed by atoms with Crippen molar-refractivity contribution in [2.75, 3.05) is 18.4 Å². The van der Waals surface area contributed by atoms with Gasteiger partial charge in [-0.2, -0.15) is 0 Å². The summed E-state index contributed by atoms with van der Waals surface area (Å²) >= 11 is 5.91. The van der Waals surface area contributed by atoms with Crippen LogP contribution in [-0.2, 0) is 9.59 Å². The van der Waals surface area contributed by atoms with Gasteiger partial charge in [0.25, 0.3) is 0 Å². The molecule has 2 aromatic rings. The number of amides is 2. The first-order valence-corrected chi connectivity index (χ1v) is 9.37. The van der Waals surface area contributed by atoms with E-state index in [1.807, 2.05) is 18.2 Å². The van der Waals surface area contributed by atoms with E-state index < -0.39 is 5.92 Å². The first kappa shape index (κ1) is 18.3. The van der Waals surface area contributed by atoms with E-state index in [1.54, 1.807) is 41.3 Å². The Hall–Kier alpha value is -3.12. The van der Waals surface area contributed by atoms with Crippen LogP contribution in [0.5, 0.6) is 0 Å². The normalized spacial score (nSPS) is 18.1. The second-order valence-corrected chi connectivity index (χ2v) is 7.12. The fourth-order valence-electron chi connectivity index (χ4n) is 3.56. The van der Waals surface area contributed by atoms with Crippen LogP contribution in [0.15, 0.2) is 66.0 Å². The number of halogens is 1. The SMILES string of the molecule is O=C(C[C@@H]1C(=O)N2CCNC2=C1C(=O)c1ccc(Cl)cc1)Nc1ccccc1. The molecule has 1 atom stereocenters. The van der Waals surface area contributed by atoms with Gasteiger partial charge in [-0.25, -0.2) is 0 Å². The van der Waals surface area contributed by atoms with Crippen LogP contribution in [0, 0.1) is 5.92 Å². The summed E-state index contributed by atoms with van der Waals surface area (Å²) in [6, 6.07) is 15.5. The molecule has 2 amide bonds. The highest BCUT2D eigenvalue weighted by molar-refractivity contribution is 6.30. The number of fused-ring (bicyclic) bond motifs is 1. The average Bonchev–Trinajstić information content (AvgIpc) is 3.26. The molecular formula is C21H18ClN3O3. The van der Waals surface area contributed by atoms with Gasteiger partial charge in [-0.05, 0) is 36.4 Å². The van der Waals surface area contributed by atoms with E-state index in [9.17, 15) is 14.4 Å². The number of hydrogen-bond donors (Lipinski definition) is 2. The highest BCUT2D eigenvalue weighted by atomic mass is 35.5. The van der Waals surface area contributed by atoms with Crippen molar-refractivity contribution in [3.8, 4) is 0 Å². The summed E-state index contributed by atoms with van der Waals surface area (Å²) in [4.78, 5) is 40.1. The molecule has 0 aliphatic carbocycles. The minimum atomic E-state index is -0.810. The number of ketones is 1. The molecule has 0 aromatic heterocycles. The predicted molar refractivity (Wildman–Crippen MR) is 106 cm³/mol. The second-order valence-electron chi connectivity index (χ2n) is 6.69. The fraction of sp³-hybridized carbons (Fsp3) is 0.190. The molecule has 0 spiro atoms. The van der Waals surface area contributed by atoms with E-state index in [1.165, 1.54) is 0 Å². The Bertz CT molecular complexity index is 970. The van der Waals surface area contributed by atoms with Crippen molar-refractivity contribution in [3.05, 3.63) is 76.6 Å². The number of benzene rings is 2. The van der Waals surface area contributed by atoms with E-state index in [0.717, 1.165) is 0 Å². The van der Waals surface area contributed by atoms with Crippen LogP contribution in [-0.4, -0.2) is 35.6 Å². The number of hydrogen-bond acceptors (Lipinski definition) is 4. The maximum Gasteiger partial charge on any atom is 0.236 e. The lowest BCUT2D eigenvalue weighted by Crippen LogP contribution is -2.30. The van der Waals surface area contributed by atoms with Crippen molar-refractivity contribution in [2.24, 2.45) is 5.92 Å². The third kappa shape index (κ3) is 3.39. The molecule has 28 heavy (non-hydrogen) atoms. The number of nitrogens with one attached hydrogen (secondary N) is 2. The number of rotatable bonds is 5. The average molecular weight is 396 g/mol. The standard InChI is InChI=1S/C21H18ClN3O3/c22-14-8-6-13(7-9-14)19(27)18-16(21(28)25-11-10-23-20(18)25)12-17(26)24-15-4-2-1-3-5-15/h1-9,16,23H,10-12H2,(H,24,26)/t16-/m0/s1. The highest BCUT2D eigenvalue weighted by Gasteiger charge is 2.45. The predicted octanol–water partition coefficient (Wildman–Crippen LogP) is 2.82. The lowest BCUT2D eigenvalue weighted by molar-refractivity contribution is -0.132. The van der Waals surface area contributed by atoms with Gasteiger partial charge in [-0.15, -0.1) is 0 Å². The third-order valence-corrected chi connectivity index (χ3v) is 5.12. The van der Waals surface area contributed by atoms with Gasteiger partial charge in [0, 0.05) is 35.8 Å². The molecule has 2 aliphatic heterocycles. The zero-order valence-corrected chi connectivity index (χ0v) is 15.7. The van der Waals surface area contributed by atoms with Crippen molar-refractivity contribution >= 4 is 34.9 Å². The molecule has 0 radical (unpaired) electrons. The van der Waals surface area contributed by atoms with Gasteiger partial charge in [0.1, 0.15) is 5.82 Å². The van der Waals surface area contributed by atoms with Crippen LogP contribution in [0.4, 0.5) is 5.69 Å². The highest BCUT2D eigenvalue weighted by Crippen LogP contribution is 2.35. The molecule has 1 saturated heterocycles. The summed E-state index contributed by atoms with van der Waals surface area (Å²) < 4.78 is 0. The summed E-state index contributed by atoms with van der Waals surface area (Å²) in [6.07, 6.45) is -0.0932. The molecule has 0 saturated carbocycles. The van der Waals surface area contributed by atoms with Crippen LogP contribution < -0.4 is 10.6 Å². The van der Waals surface area contributed by atoms with Crippen LogP contribution in [0.25, 0.3) is 0 Å². The summed E-state index contributed by atoms with van der Waals surface area (Å²) in [7, 11) is 0. The largest absolute Gasteiger partial charge is 0.369 e. The second kappa shape index (κ2) is 7.48. The Balaban J connectivity index is 1.60. The smallest absolute Gasteiger partial charge is 0.236 e. The summed E-state index contributed by atoms with van der Waals surface area (Å²) in [5, 5.41) is 6.42. The number of anilines is 1. The number of carbonyl (C=O) groups is 3. The molecular weight excluding hydrogens is 378 g/mol. The van der Waals surface area contributed by atoms with Gasteiger partial charge < -0.3 is 10.6 Å². The van der Waals surface area contributed by atoms with Crippen LogP contribution in [0.1, 0.15) is 16.8 Å². The molecule has 2 N–H and O–H groups in total. The zero-order valence-electron chi connectivity index (χ0n) is 14.9. The summed E-state index contributed by atoms with van der Waals surface area (Å²) in [5.41, 5.74) is 1.42. The quantitative estimate of drug-likeness (QED) is 0.763. The van der Waals surface area contributed by atoms with Gasteiger partial charge in [0.2, 0.25) is 11.8 Å². The first-order chi connectivity index (χ1) is 13.5. The molecule has 0 unspecified atom stereocenters. The van der Waals surface area contributed by atoms with Gasteiger partial charge >= 0.3 is 0 Å². The third-order valence-electron chi connectivity index (χ3n) is 4.86. The van der Waals surface area contributed by atoms with Crippen molar-refractivity contribution in [2.45, 2.75) is 6.42 Å². The van der Waals surface area contributed by atoms with Gasteiger partial charge in [0.15, 0.2) is 5.78 Å². The topological polar surface area (TPSA) is 78.5 Å². The Morgan fingerprint density at radius 2 is 1.82 bits per heavy atom. The minimum absolute atomic E-state index is 0.0932. The van der Waals surface area contributed by atoms with Crippen molar-refractivity contribution in [3.63, 3.8) is 0 Å². The summed E-state index contributed by atoms with van der Waals surface area (Å²) in [5.74, 6) is -1.10.